The summed E-state index contributed by atoms with van der Waals surface area (Å²) in [6, 6.07) is 14.6. The summed E-state index contributed by atoms with van der Waals surface area (Å²) in [5, 5.41) is 3.59. The highest BCUT2D eigenvalue weighted by Crippen LogP contribution is 2.17. The number of hydrogen-bond acceptors (Lipinski definition) is 3. The zero-order chi connectivity index (χ0) is 22.8. The largest absolute Gasteiger partial charge is 0.494 e. The van der Waals surface area contributed by atoms with E-state index in [2.05, 4.69) is 5.32 Å². The van der Waals surface area contributed by atoms with E-state index < -0.39 is 6.04 Å². The van der Waals surface area contributed by atoms with Gasteiger partial charge in [0.05, 0.1) is 6.61 Å². The minimum absolute atomic E-state index is 0.0617. The number of ether oxygens (including phenoxy) is 1. The molecule has 1 atom stereocenters. The molecule has 0 saturated heterocycles. The molecule has 0 aliphatic heterocycles. The maximum Gasteiger partial charge on any atom is 0.242 e. The second-order valence-corrected chi connectivity index (χ2v) is 8.67. The Bertz CT molecular complexity index is 852. The highest BCUT2D eigenvalue weighted by Gasteiger charge is 2.25. The molecule has 0 bridgehead atoms. The van der Waals surface area contributed by atoms with Gasteiger partial charge in [-0.05, 0) is 56.0 Å². The first-order valence-corrected chi connectivity index (χ1v) is 11.1. The minimum Gasteiger partial charge on any atom is -0.494 e. The van der Waals surface area contributed by atoms with E-state index in [9.17, 15) is 9.59 Å². The van der Waals surface area contributed by atoms with Gasteiger partial charge in [0.15, 0.2) is 0 Å². The van der Waals surface area contributed by atoms with Crippen molar-refractivity contribution in [3.8, 4) is 5.75 Å². The summed E-state index contributed by atoms with van der Waals surface area (Å²) in [4.78, 5) is 27.4. The molecular formula is C25H33ClN2O3. The summed E-state index contributed by atoms with van der Waals surface area (Å²) in [6.45, 7) is 9.29. The number of nitrogens with zero attached hydrogens (tertiary/aromatic N) is 1. The smallest absolute Gasteiger partial charge is 0.242 e. The molecule has 0 aromatic heterocycles. The standard InChI is InChI=1S/C25H33ClN2O3/c1-18(2)16-27-25(30)20(4)28(17-21-8-5-7-19(3)15-21)24(29)9-6-14-31-23-12-10-22(26)11-13-23/h5,7-8,10-13,15,18,20H,6,9,14,16-17H2,1-4H3,(H,27,30)/t20-/m1/s1. The molecule has 2 aromatic carbocycles. The maximum atomic E-state index is 13.0. The molecule has 0 aliphatic carbocycles. The van der Waals surface area contributed by atoms with Gasteiger partial charge in [0.25, 0.3) is 0 Å². The number of nitrogens with one attached hydrogen (secondary N) is 1. The summed E-state index contributed by atoms with van der Waals surface area (Å²) in [5.74, 6) is 0.873. The van der Waals surface area contributed by atoms with Crippen molar-refractivity contribution in [2.75, 3.05) is 13.2 Å². The predicted molar refractivity (Wildman–Crippen MR) is 125 cm³/mol. The Morgan fingerprint density at radius 1 is 1.10 bits per heavy atom. The molecule has 2 amide bonds. The topological polar surface area (TPSA) is 58.6 Å². The van der Waals surface area contributed by atoms with Crippen molar-refractivity contribution < 1.29 is 14.3 Å². The van der Waals surface area contributed by atoms with E-state index in [1.807, 2.05) is 45.0 Å². The van der Waals surface area contributed by atoms with Gasteiger partial charge in [0.1, 0.15) is 11.8 Å². The lowest BCUT2D eigenvalue weighted by Crippen LogP contribution is -2.48. The Labute approximate surface area is 190 Å². The number of carbonyl (C=O) groups is 2. The Morgan fingerprint density at radius 2 is 1.81 bits per heavy atom. The average molecular weight is 445 g/mol. The summed E-state index contributed by atoms with van der Waals surface area (Å²) in [6.07, 6.45) is 0.868. The van der Waals surface area contributed by atoms with Crippen molar-refractivity contribution in [2.24, 2.45) is 5.92 Å². The van der Waals surface area contributed by atoms with E-state index in [4.69, 9.17) is 16.3 Å². The van der Waals surface area contributed by atoms with Crippen molar-refractivity contribution in [3.05, 3.63) is 64.7 Å². The Hall–Kier alpha value is -2.53. The fourth-order valence-corrected chi connectivity index (χ4v) is 3.26. The third kappa shape index (κ3) is 8.62. The molecule has 168 valence electrons. The normalized spacial score (nSPS) is 11.8. The van der Waals surface area contributed by atoms with Crippen LogP contribution in [0.5, 0.6) is 5.75 Å². The molecule has 0 unspecified atom stereocenters. The first-order valence-electron chi connectivity index (χ1n) is 10.8. The second-order valence-electron chi connectivity index (χ2n) is 8.23. The molecule has 0 saturated carbocycles. The van der Waals surface area contributed by atoms with Crippen molar-refractivity contribution in [1.82, 2.24) is 10.2 Å². The van der Waals surface area contributed by atoms with Gasteiger partial charge in [0.2, 0.25) is 11.8 Å². The molecule has 31 heavy (non-hydrogen) atoms. The molecule has 5 nitrogen and oxygen atoms in total. The summed E-state index contributed by atoms with van der Waals surface area (Å²) in [5.41, 5.74) is 2.13. The van der Waals surface area contributed by atoms with Crippen LogP contribution in [0, 0.1) is 12.8 Å². The molecule has 0 fully saturated rings. The summed E-state index contributed by atoms with van der Waals surface area (Å²) >= 11 is 5.88. The third-order valence-electron chi connectivity index (χ3n) is 4.90. The maximum absolute atomic E-state index is 13.0. The van der Waals surface area contributed by atoms with Gasteiger partial charge in [-0.2, -0.15) is 0 Å². The number of carbonyl (C=O) groups excluding carboxylic acids is 2. The van der Waals surface area contributed by atoms with Crippen LogP contribution in [-0.2, 0) is 16.1 Å². The lowest BCUT2D eigenvalue weighted by atomic mass is 10.1. The zero-order valence-corrected chi connectivity index (χ0v) is 19.6. The highest BCUT2D eigenvalue weighted by molar-refractivity contribution is 6.30. The first kappa shape index (κ1) is 24.7. The van der Waals surface area contributed by atoms with Crippen LogP contribution in [0.3, 0.4) is 0 Å². The van der Waals surface area contributed by atoms with E-state index in [-0.39, 0.29) is 11.8 Å². The Balaban J connectivity index is 1.98. The summed E-state index contributed by atoms with van der Waals surface area (Å²) < 4.78 is 5.69. The second kappa shape index (κ2) is 12.4. The van der Waals surface area contributed by atoms with Crippen LogP contribution in [-0.4, -0.2) is 35.9 Å². The van der Waals surface area contributed by atoms with Crippen molar-refractivity contribution in [2.45, 2.75) is 53.1 Å². The number of rotatable bonds is 11. The Morgan fingerprint density at radius 3 is 2.45 bits per heavy atom. The van der Waals surface area contributed by atoms with Crippen LogP contribution in [0.25, 0.3) is 0 Å². The number of amides is 2. The Kier molecular flexibility index (Phi) is 9.86. The average Bonchev–Trinajstić information content (AvgIpc) is 2.74. The van der Waals surface area contributed by atoms with Crippen molar-refractivity contribution in [3.63, 3.8) is 0 Å². The van der Waals surface area contributed by atoms with Gasteiger partial charge in [-0.3, -0.25) is 9.59 Å². The number of halogens is 1. The van der Waals surface area contributed by atoms with E-state index in [0.29, 0.717) is 43.5 Å². The molecule has 0 aliphatic rings. The molecule has 6 heteroatoms. The van der Waals surface area contributed by atoms with Gasteiger partial charge in [-0.25, -0.2) is 0 Å². The lowest BCUT2D eigenvalue weighted by molar-refractivity contribution is -0.140. The van der Waals surface area contributed by atoms with E-state index in [1.165, 1.54) is 0 Å². The van der Waals surface area contributed by atoms with Crippen LogP contribution < -0.4 is 10.1 Å². The fourth-order valence-electron chi connectivity index (χ4n) is 3.13. The minimum atomic E-state index is -0.552. The van der Waals surface area contributed by atoms with Gasteiger partial charge in [-0.1, -0.05) is 55.3 Å². The monoisotopic (exact) mass is 444 g/mol. The van der Waals surface area contributed by atoms with E-state index in [1.54, 1.807) is 36.1 Å². The first-order chi connectivity index (χ1) is 14.8. The molecule has 2 rings (SSSR count). The molecule has 1 N–H and O–H groups in total. The van der Waals surface area contributed by atoms with Crippen LogP contribution in [0.1, 0.15) is 44.7 Å². The summed E-state index contributed by atoms with van der Waals surface area (Å²) in [7, 11) is 0. The molecule has 0 spiro atoms. The SMILES string of the molecule is Cc1cccc(CN(C(=O)CCCOc2ccc(Cl)cc2)[C@H](C)C(=O)NCC(C)C)c1. The van der Waals surface area contributed by atoms with Crippen LogP contribution in [0.15, 0.2) is 48.5 Å². The fraction of sp³-hybridized carbons (Fsp3) is 0.440. The van der Waals surface area contributed by atoms with E-state index >= 15 is 0 Å². The van der Waals surface area contributed by atoms with Gasteiger partial charge in [0, 0.05) is 24.5 Å². The molecule has 0 radical (unpaired) electrons. The van der Waals surface area contributed by atoms with Gasteiger partial charge in [-0.15, -0.1) is 0 Å². The number of benzene rings is 2. The third-order valence-corrected chi connectivity index (χ3v) is 5.16. The molecular weight excluding hydrogens is 412 g/mol. The van der Waals surface area contributed by atoms with Crippen molar-refractivity contribution in [1.29, 1.82) is 0 Å². The van der Waals surface area contributed by atoms with Gasteiger partial charge >= 0.3 is 0 Å². The lowest BCUT2D eigenvalue weighted by Gasteiger charge is -2.29. The molecule has 0 heterocycles. The van der Waals surface area contributed by atoms with E-state index in [0.717, 1.165) is 16.9 Å². The highest BCUT2D eigenvalue weighted by atomic mass is 35.5. The number of aryl methyl sites for hydroxylation is 1. The van der Waals surface area contributed by atoms with Gasteiger partial charge < -0.3 is 15.0 Å². The molecule has 2 aromatic rings. The number of hydrogen-bond donors (Lipinski definition) is 1. The quantitative estimate of drug-likeness (QED) is 0.496. The van der Waals surface area contributed by atoms with Crippen LogP contribution in [0.2, 0.25) is 5.02 Å². The van der Waals surface area contributed by atoms with Crippen molar-refractivity contribution >= 4 is 23.4 Å². The zero-order valence-electron chi connectivity index (χ0n) is 18.9. The van der Waals surface area contributed by atoms with Crippen LogP contribution in [0.4, 0.5) is 0 Å². The van der Waals surface area contributed by atoms with Crippen LogP contribution >= 0.6 is 11.6 Å². The predicted octanol–water partition coefficient (Wildman–Crippen LogP) is 5.00.